The van der Waals surface area contributed by atoms with Gasteiger partial charge in [0.25, 0.3) is 5.91 Å². The highest BCUT2D eigenvalue weighted by Crippen LogP contribution is 2.54. The molecule has 1 aromatic carbocycles. The second-order valence-corrected chi connectivity index (χ2v) is 8.14. The number of fused-ring (bicyclic) bond motifs is 2. The number of rotatable bonds is 4. The topological polar surface area (TPSA) is 77.9 Å². The molecule has 4 rings (SSSR count). The van der Waals surface area contributed by atoms with Crippen molar-refractivity contribution in [3.05, 3.63) is 29.8 Å². The molecule has 3 amide bonds. The molecule has 1 N–H and O–H groups in total. The lowest BCUT2D eigenvalue weighted by Crippen LogP contribution is -2.53. The number of carbonyl (C=O) groups excluding carboxylic acids is 3. The molecule has 4 atom stereocenters. The first-order valence-electron chi connectivity index (χ1n) is 9.24. The Balaban J connectivity index is 1.57. The summed E-state index contributed by atoms with van der Waals surface area (Å²) in [5, 5.41) is 9.55. The van der Waals surface area contributed by atoms with Crippen molar-refractivity contribution in [3.8, 4) is 5.75 Å². The zero-order chi connectivity index (χ0) is 18.6. The molecule has 3 aliphatic rings. The first-order valence-corrected chi connectivity index (χ1v) is 9.24. The molecule has 26 heavy (non-hydrogen) atoms. The summed E-state index contributed by atoms with van der Waals surface area (Å²) >= 11 is 0. The van der Waals surface area contributed by atoms with Crippen LogP contribution in [-0.2, 0) is 4.79 Å². The van der Waals surface area contributed by atoms with Gasteiger partial charge < -0.3 is 10.0 Å². The van der Waals surface area contributed by atoms with Gasteiger partial charge in [-0.1, -0.05) is 18.6 Å². The van der Waals surface area contributed by atoms with E-state index in [4.69, 9.17) is 0 Å². The molecule has 0 spiro atoms. The summed E-state index contributed by atoms with van der Waals surface area (Å²) in [6, 6.07) is 5.57. The smallest absolute Gasteiger partial charge is 0.327 e. The van der Waals surface area contributed by atoms with E-state index in [1.807, 2.05) is 6.92 Å². The third-order valence-corrected chi connectivity index (χ3v) is 6.82. The molecule has 2 saturated carbocycles. The average molecular weight is 356 g/mol. The lowest BCUT2D eigenvalue weighted by atomic mass is 9.74. The van der Waals surface area contributed by atoms with E-state index in [9.17, 15) is 19.5 Å². The number of carbonyl (C=O) groups is 3. The number of likely N-dealkylation sites (N-methyl/N-ethyl adjacent to an activating group) is 1. The number of ketones is 1. The quantitative estimate of drug-likeness (QED) is 0.665. The summed E-state index contributed by atoms with van der Waals surface area (Å²) in [5.74, 6) is 0.693. The number of aromatic hydroxyl groups is 1. The van der Waals surface area contributed by atoms with E-state index in [-0.39, 0.29) is 29.9 Å². The van der Waals surface area contributed by atoms with E-state index < -0.39 is 11.6 Å². The second kappa shape index (κ2) is 5.83. The van der Waals surface area contributed by atoms with Crippen LogP contribution in [0.25, 0.3) is 0 Å². The number of phenolic OH excluding ortho intramolecular Hbond substituents is 1. The zero-order valence-corrected chi connectivity index (χ0v) is 15.1. The molecule has 1 saturated heterocycles. The normalized spacial score (nSPS) is 33.4. The number of Topliss-reactive ketones (excluding diaryl/α,β-unsaturated/α-hetero) is 1. The molecule has 2 aliphatic carbocycles. The molecule has 1 aliphatic heterocycles. The fourth-order valence-corrected chi connectivity index (χ4v) is 5.28. The van der Waals surface area contributed by atoms with Gasteiger partial charge in [0.05, 0.1) is 6.54 Å². The first-order chi connectivity index (χ1) is 12.3. The van der Waals surface area contributed by atoms with Crippen molar-refractivity contribution in [2.45, 2.75) is 38.1 Å². The number of nitrogens with zero attached hydrogens (tertiary/aromatic N) is 2. The van der Waals surface area contributed by atoms with E-state index in [0.29, 0.717) is 17.4 Å². The summed E-state index contributed by atoms with van der Waals surface area (Å²) in [5.41, 5.74) is -0.572. The Hall–Kier alpha value is -2.37. The van der Waals surface area contributed by atoms with Crippen LogP contribution in [0.3, 0.4) is 0 Å². The predicted octanol–water partition coefficient (Wildman–Crippen LogP) is 2.66. The SMILES string of the molecule is CN1C(=O)N(CC(=O)c2cccc(O)c2)C(=O)C1(C)C1C[C@@H]2CCC1C2. The average Bonchev–Trinajstić information content (AvgIpc) is 3.30. The Labute approximate surface area is 152 Å². The lowest BCUT2D eigenvalue weighted by Gasteiger charge is -2.39. The first kappa shape index (κ1) is 17.1. The van der Waals surface area contributed by atoms with E-state index in [2.05, 4.69) is 0 Å². The van der Waals surface area contributed by atoms with Gasteiger partial charge in [0.1, 0.15) is 11.3 Å². The van der Waals surface area contributed by atoms with Crippen LogP contribution in [0.2, 0.25) is 0 Å². The van der Waals surface area contributed by atoms with Crippen LogP contribution < -0.4 is 0 Å². The minimum atomic E-state index is -0.865. The number of urea groups is 1. The molecule has 6 nitrogen and oxygen atoms in total. The van der Waals surface area contributed by atoms with Crippen LogP contribution in [0.4, 0.5) is 4.79 Å². The Morgan fingerprint density at radius 1 is 1.27 bits per heavy atom. The van der Waals surface area contributed by atoms with E-state index >= 15 is 0 Å². The van der Waals surface area contributed by atoms with E-state index in [0.717, 1.165) is 24.2 Å². The minimum absolute atomic E-state index is 0.0149. The maximum atomic E-state index is 13.2. The van der Waals surface area contributed by atoms with Crippen molar-refractivity contribution >= 4 is 17.7 Å². The maximum Gasteiger partial charge on any atom is 0.327 e. The molecule has 0 radical (unpaired) electrons. The van der Waals surface area contributed by atoms with Crippen molar-refractivity contribution in [2.24, 2.45) is 17.8 Å². The van der Waals surface area contributed by atoms with E-state index in [1.165, 1.54) is 23.5 Å². The van der Waals surface area contributed by atoms with Gasteiger partial charge in [-0.3, -0.25) is 14.5 Å². The minimum Gasteiger partial charge on any atom is -0.508 e. The summed E-state index contributed by atoms with van der Waals surface area (Å²) in [6.45, 7) is 1.57. The second-order valence-electron chi connectivity index (χ2n) is 8.14. The predicted molar refractivity (Wildman–Crippen MR) is 94.7 cm³/mol. The number of imide groups is 1. The van der Waals surface area contributed by atoms with Crippen LogP contribution in [0, 0.1) is 17.8 Å². The lowest BCUT2D eigenvalue weighted by molar-refractivity contribution is -0.135. The van der Waals surface area contributed by atoms with Crippen LogP contribution in [0.5, 0.6) is 5.75 Å². The molecule has 1 aromatic rings. The third-order valence-electron chi connectivity index (χ3n) is 6.82. The van der Waals surface area contributed by atoms with Gasteiger partial charge >= 0.3 is 6.03 Å². The van der Waals surface area contributed by atoms with Crippen LogP contribution >= 0.6 is 0 Å². The summed E-state index contributed by atoms with van der Waals surface area (Å²) in [4.78, 5) is 41.1. The molecule has 1 heterocycles. The van der Waals surface area contributed by atoms with Gasteiger partial charge in [-0.25, -0.2) is 4.79 Å². The highest BCUT2D eigenvalue weighted by atomic mass is 16.3. The Morgan fingerprint density at radius 3 is 2.65 bits per heavy atom. The molecular formula is C20H24N2O4. The van der Waals surface area contributed by atoms with E-state index in [1.54, 1.807) is 19.2 Å². The van der Waals surface area contributed by atoms with Gasteiger partial charge in [-0.2, -0.15) is 0 Å². The molecule has 138 valence electrons. The molecule has 3 fully saturated rings. The molecule has 6 heteroatoms. The highest BCUT2D eigenvalue weighted by Gasteiger charge is 2.61. The molecule has 0 aromatic heterocycles. The number of hydrogen-bond acceptors (Lipinski definition) is 4. The van der Waals surface area contributed by atoms with Crippen molar-refractivity contribution in [2.75, 3.05) is 13.6 Å². The summed E-state index contributed by atoms with van der Waals surface area (Å²) in [7, 11) is 1.67. The number of hydrogen-bond donors (Lipinski definition) is 1. The Bertz CT molecular complexity index is 792. The zero-order valence-electron chi connectivity index (χ0n) is 15.1. The van der Waals surface area contributed by atoms with Crippen LogP contribution in [0.15, 0.2) is 24.3 Å². The number of amides is 3. The molecule has 3 unspecified atom stereocenters. The van der Waals surface area contributed by atoms with Gasteiger partial charge in [-0.15, -0.1) is 0 Å². The largest absolute Gasteiger partial charge is 0.508 e. The van der Waals surface area contributed by atoms with Gasteiger partial charge in [-0.05, 0) is 56.1 Å². The van der Waals surface area contributed by atoms with Gasteiger partial charge in [0.2, 0.25) is 0 Å². The van der Waals surface area contributed by atoms with Crippen LogP contribution in [0.1, 0.15) is 43.0 Å². The highest BCUT2D eigenvalue weighted by molar-refractivity contribution is 6.11. The Kier molecular flexibility index (Phi) is 3.82. The number of benzene rings is 1. The molecular weight excluding hydrogens is 332 g/mol. The monoisotopic (exact) mass is 356 g/mol. The van der Waals surface area contributed by atoms with Gasteiger partial charge in [0.15, 0.2) is 5.78 Å². The third kappa shape index (κ3) is 2.35. The fraction of sp³-hybridized carbons (Fsp3) is 0.550. The maximum absolute atomic E-state index is 13.2. The fourth-order valence-electron chi connectivity index (χ4n) is 5.28. The summed E-state index contributed by atoms with van der Waals surface area (Å²) < 4.78 is 0. The van der Waals surface area contributed by atoms with Crippen molar-refractivity contribution in [1.82, 2.24) is 9.80 Å². The molecule has 2 bridgehead atoms. The van der Waals surface area contributed by atoms with Crippen molar-refractivity contribution in [3.63, 3.8) is 0 Å². The van der Waals surface area contributed by atoms with Gasteiger partial charge in [0, 0.05) is 12.6 Å². The van der Waals surface area contributed by atoms with Crippen LogP contribution in [-0.4, -0.2) is 51.8 Å². The van der Waals surface area contributed by atoms with Crippen molar-refractivity contribution < 1.29 is 19.5 Å². The number of phenols is 1. The Morgan fingerprint density at radius 2 is 2.04 bits per heavy atom. The van der Waals surface area contributed by atoms with Crippen molar-refractivity contribution in [1.29, 1.82) is 0 Å². The standard InChI is InChI=1S/C20H24N2O4/c1-20(16-9-12-6-7-13(16)8-12)18(25)22(19(26)21(20)2)11-17(24)14-4-3-5-15(23)10-14/h3-5,10,12-13,16,23H,6-9,11H2,1-2H3/t12-,13?,16?,20?/m1/s1. The summed E-state index contributed by atoms with van der Waals surface area (Å²) in [6.07, 6.45) is 4.49.